The summed E-state index contributed by atoms with van der Waals surface area (Å²) in [4.78, 5) is 0.359. The van der Waals surface area contributed by atoms with Crippen LogP contribution in [0, 0.1) is 0 Å². The Balaban J connectivity index is 2.04. The average Bonchev–Trinajstić information content (AvgIpc) is 2.40. The Labute approximate surface area is 128 Å². The summed E-state index contributed by atoms with van der Waals surface area (Å²) in [6, 6.07) is 14.4. The molecule has 2 rings (SSSR count). The molecule has 2 aromatic carbocycles. The molecule has 109 valence electrons. The molecule has 1 radical (unpaired) electrons. The minimum atomic E-state index is -1.96. The molecule has 1 N–H and O–H groups in total. The van der Waals surface area contributed by atoms with E-state index >= 15 is 0 Å². The fourth-order valence-corrected chi connectivity index (χ4v) is 2.26. The van der Waals surface area contributed by atoms with Gasteiger partial charge in [-0.05, 0) is 36.4 Å². The summed E-state index contributed by atoms with van der Waals surface area (Å²) in [5.41, 5.74) is 1.15. The lowest BCUT2D eigenvalue weighted by Gasteiger charge is -2.16. The molecule has 0 saturated heterocycles. The topological polar surface area (TPSA) is 46.5 Å². The van der Waals surface area contributed by atoms with Gasteiger partial charge in [0.2, 0.25) is 0 Å². The van der Waals surface area contributed by atoms with E-state index in [0.717, 1.165) is 11.2 Å². The van der Waals surface area contributed by atoms with E-state index in [4.69, 9.17) is 9.29 Å². The first-order chi connectivity index (χ1) is 9.83. The molecular formula is C16H18BO3S. The third kappa shape index (κ3) is 5.03. The molecule has 2 aromatic rings. The Hall–Kier alpha value is -1.59. The minimum Gasteiger partial charge on any atom is -0.457 e. The Morgan fingerprint density at radius 2 is 1.43 bits per heavy atom. The van der Waals surface area contributed by atoms with Crippen molar-refractivity contribution in [2.24, 2.45) is 0 Å². The second-order valence-electron chi connectivity index (χ2n) is 5.90. The summed E-state index contributed by atoms with van der Waals surface area (Å²) < 4.78 is 25.5. The molecule has 0 aliphatic rings. The fourth-order valence-electron chi connectivity index (χ4n) is 1.89. The molecule has 0 fully saturated rings. The Kier molecular flexibility index (Phi) is 4.86. The Bertz CT molecular complexity index is 615. The van der Waals surface area contributed by atoms with E-state index in [-0.39, 0.29) is 5.31 Å². The quantitative estimate of drug-likeness (QED) is 0.693. The van der Waals surface area contributed by atoms with Gasteiger partial charge >= 0.3 is 0 Å². The van der Waals surface area contributed by atoms with Crippen molar-refractivity contribution in [1.82, 2.24) is 0 Å². The van der Waals surface area contributed by atoms with Gasteiger partial charge in [0.05, 0.1) is 4.90 Å². The third-order valence-corrected chi connectivity index (χ3v) is 3.42. The van der Waals surface area contributed by atoms with Gasteiger partial charge in [0.25, 0.3) is 0 Å². The predicted molar refractivity (Wildman–Crippen MR) is 87.1 cm³/mol. The van der Waals surface area contributed by atoms with Crippen molar-refractivity contribution in [3.8, 4) is 11.5 Å². The second-order valence-corrected chi connectivity index (χ2v) is 6.87. The minimum absolute atomic E-state index is 0.137. The van der Waals surface area contributed by atoms with Gasteiger partial charge in [-0.3, -0.25) is 0 Å². The lowest BCUT2D eigenvalue weighted by atomic mass is 9.51. The van der Waals surface area contributed by atoms with Crippen LogP contribution in [0.1, 0.15) is 20.8 Å². The molecule has 0 aromatic heterocycles. The van der Waals surface area contributed by atoms with Crippen molar-refractivity contribution in [2.75, 3.05) is 0 Å². The predicted octanol–water partition coefficient (Wildman–Crippen LogP) is 3.61. The van der Waals surface area contributed by atoms with Crippen LogP contribution in [0.3, 0.4) is 0 Å². The summed E-state index contributed by atoms with van der Waals surface area (Å²) in [6.07, 6.45) is 0. The summed E-state index contributed by atoms with van der Waals surface area (Å²) in [7, 11) is 2.20. The maximum Gasteiger partial charge on any atom is 0.186 e. The molecule has 0 heterocycles. The lowest BCUT2D eigenvalue weighted by Crippen LogP contribution is -2.22. The van der Waals surface area contributed by atoms with Crippen molar-refractivity contribution in [3.05, 3.63) is 48.5 Å². The van der Waals surface area contributed by atoms with E-state index < -0.39 is 11.1 Å². The van der Waals surface area contributed by atoms with E-state index in [1.165, 1.54) is 0 Å². The van der Waals surface area contributed by atoms with Crippen LogP contribution in [0.2, 0.25) is 5.31 Å². The van der Waals surface area contributed by atoms with Gasteiger partial charge in [-0.25, -0.2) is 4.21 Å². The molecule has 5 heteroatoms. The first-order valence-corrected chi connectivity index (χ1v) is 7.79. The highest BCUT2D eigenvalue weighted by Crippen LogP contribution is 2.23. The molecule has 3 nitrogen and oxygen atoms in total. The molecule has 0 spiro atoms. The van der Waals surface area contributed by atoms with Crippen LogP contribution in [0.15, 0.2) is 53.4 Å². The van der Waals surface area contributed by atoms with Gasteiger partial charge in [0.1, 0.15) is 11.5 Å². The monoisotopic (exact) mass is 301 g/mol. The zero-order valence-corrected chi connectivity index (χ0v) is 13.2. The zero-order chi connectivity index (χ0) is 15.5. The van der Waals surface area contributed by atoms with Crippen LogP contribution < -0.4 is 10.2 Å². The lowest BCUT2D eigenvalue weighted by molar-refractivity contribution is 0.482. The number of benzene rings is 2. The molecule has 0 aliphatic carbocycles. The SMILES string of the molecule is CC(C)(C)[B]c1ccc(Oc2ccc(S(=O)O)cc2)cc1. The van der Waals surface area contributed by atoms with Crippen molar-refractivity contribution in [3.63, 3.8) is 0 Å². The van der Waals surface area contributed by atoms with E-state index in [2.05, 4.69) is 28.1 Å². The average molecular weight is 301 g/mol. The van der Waals surface area contributed by atoms with Crippen LogP contribution in [0.4, 0.5) is 0 Å². The first kappa shape index (κ1) is 15.8. The van der Waals surface area contributed by atoms with Gasteiger partial charge in [0.15, 0.2) is 18.4 Å². The smallest absolute Gasteiger partial charge is 0.186 e. The summed E-state index contributed by atoms with van der Waals surface area (Å²) >= 11 is -1.96. The number of hydrogen-bond acceptors (Lipinski definition) is 2. The molecule has 1 atom stereocenters. The number of ether oxygens (including phenoxy) is 1. The third-order valence-electron chi connectivity index (χ3n) is 2.74. The van der Waals surface area contributed by atoms with Gasteiger partial charge < -0.3 is 9.29 Å². The van der Waals surface area contributed by atoms with Gasteiger partial charge in [-0.1, -0.05) is 43.7 Å². The maximum absolute atomic E-state index is 10.9. The zero-order valence-electron chi connectivity index (χ0n) is 12.4. The van der Waals surface area contributed by atoms with Crippen LogP contribution in [-0.2, 0) is 11.1 Å². The summed E-state index contributed by atoms with van der Waals surface area (Å²) in [5.74, 6) is 1.37. The van der Waals surface area contributed by atoms with Crippen LogP contribution in [0.5, 0.6) is 11.5 Å². The summed E-state index contributed by atoms with van der Waals surface area (Å²) in [5, 5.41) is 0.137. The maximum atomic E-state index is 10.9. The van der Waals surface area contributed by atoms with E-state index in [1.807, 2.05) is 24.3 Å². The molecule has 21 heavy (non-hydrogen) atoms. The van der Waals surface area contributed by atoms with E-state index in [1.54, 1.807) is 24.3 Å². The Morgan fingerprint density at radius 1 is 0.952 bits per heavy atom. The molecule has 1 unspecified atom stereocenters. The van der Waals surface area contributed by atoms with Crippen LogP contribution >= 0.6 is 0 Å². The Morgan fingerprint density at radius 3 is 1.86 bits per heavy atom. The van der Waals surface area contributed by atoms with Crippen molar-refractivity contribution in [2.45, 2.75) is 31.0 Å². The highest BCUT2D eigenvalue weighted by molar-refractivity contribution is 7.79. The van der Waals surface area contributed by atoms with Crippen molar-refractivity contribution in [1.29, 1.82) is 0 Å². The van der Waals surface area contributed by atoms with Crippen LogP contribution in [-0.4, -0.2) is 16.0 Å². The molecule has 0 saturated carbocycles. The normalized spacial score (nSPS) is 12.8. The van der Waals surface area contributed by atoms with Gasteiger partial charge in [-0.15, -0.1) is 0 Å². The van der Waals surface area contributed by atoms with Crippen molar-refractivity contribution < 1.29 is 13.5 Å². The first-order valence-electron chi connectivity index (χ1n) is 6.68. The van der Waals surface area contributed by atoms with E-state index in [9.17, 15) is 4.21 Å². The molecule has 0 bridgehead atoms. The highest BCUT2D eigenvalue weighted by Gasteiger charge is 2.13. The number of hydrogen-bond donors (Lipinski definition) is 1. The highest BCUT2D eigenvalue weighted by atomic mass is 32.2. The molecule has 0 aliphatic heterocycles. The second kappa shape index (κ2) is 6.45. The van der Waals surface area contributed by atoms with E-state index in [0.29, 0.717) is 10.6 Å². The van der Waals surface area contributed by atoms with Crippen LogP contribution in [0.25, 0.3) is 0 Å². The summed E-state index contributed by atoms with van der Waals surface area (Å²) in [6.45, 7) is 6.47. The largest absolute Gasteiger partial charge is 0.457 e. The molecular weight excluding hydrogens is 283 g/mol. The van der Waals surface area contributed by atoms with Gasteiger partial charge in [-0.2, -0.15) is 0 Å². The fraction of sp³-hybridized carbons (Fsp3) is 0.250. The van der Waals surface area contributed by atoms with Crippen molar-refractivity contribution >= 4 is 23.8 Å². The molecule has 0 amide bonds. The van der Waals surface area contributed by atoms with Gasteiger partial charge in [0, 0.05) is 0 Å². The number of rotatable bonds is 4. The standard InChI is InChI=1S/C16H18BO3S/c1-16(2,3)17-12-4-6-13(7-5-12)20-14-8-10-15(11-9-14)21(18)19/h4-11H,1-3H3,(H,18,19).